The summed E-state index contributed by atoms with van der Waals surface area (Å²) in [6, 6.07) is 0.865. The summed E-state index contributed by atoms with van der Waals surface area (Å²) >= 11 is 0. The Bertz CT molecular complexity index is 760. The van der Waals surface area contributed by atoms with Crippen LogP contribution in [0.2, 0.25) is 0 Å². The number of hydrogen-bond acceptors (Lipinski definition) is 6. The van der Waals surface area contributed by atoms with Crippen LogP contribution < -0.4 is 4.90 Å². The monoisotopic (exact) mass is 419 g/mol. The molecule has 7 nitrogen and oxygen atoms in total. The number of rotatable bonds is 2. The lowest BCUT2D eigenvalue weighted by molar-refractivity contribution is -0.145. The predicted octanol–water partition coefficient (Wildman–Crippen LogP) is 2.76. The van der Waals surface area contributed by atoms with E-state index >= 15 is 0 Å². The van der Waals surface area contributed by atoms with Gasteiger partial charge >= 0.3 is 12.3 Å². The second-order valence-corrected chi connectivity index (χ2v) is 8.33. The lowest BCUT2D eigenvalue weighted by Crippen LogP contribution is -2.68. The molecule has 29 heavy (non-hydrogen) atoms. The van der Waals surface area contributed by atoms with Gasteiger partial charge in [0, 0.05) is 50.9 Å². The molecule has 3 heterocycles. The topological polar surface area (TPSA) is 61.8 Å². The Morgan fingerprint density at radius 2 is 1.76 bits per heavy atom. The Hall–Kier alpha value is -2.17. The van der Waals surface area contributed by atoms with E-state index in [1.165, 1.54) is 0 Å². The number of anilines is 1. The molecule has 0 N–H and O–H groups in total. The Morgan fingerprint density at radius 3 is 2.28 bits per heavy atom. The second kappa shape index (κ2) is 7.58. The maximum Gasteiger partial charge on any atom is 0.451 e. The van der Waals surface area contributed by atoms with Gasteiger partial charge in [0.1, 0.15) is 11.4 Å². The molecule has 2 aliphatic rings. The van der Waals surface area contributed by atoms with Gasteiger partial charge in [-0.15, -0.1) is 0 Å². The fourth-order valence-electron chi connectivity index (χ4n) is 3.56. The first-order chi connectivity index (χ1) is 13.3. The van der Waals surface area contributed by atoms with E-state index in [4.69, 9.17) is 4.74 Å². The smallest absolute Gasteiger partial charge is 0.444 e. The summed E-state index contributed by atoms with van der Waals surface area (Å²) in [7, 11) is 0. The lowest BCUT2D eigenvalue weighted by atomic mass is 9.95. The molecule has 0 unspecified atom stereocenters. The van der Waals surface area contributed by atoms with E-state index in [1.807, 2.05) is 27.7 Å². The largest absolute Gasteiger partial charge is 0.451 e. The fourth-order valence-corrected chi connectivity index (χ4v) is 3.56. The van der Waals surface area contributed by atoms with Gasteiger partial charge in [0.25, 0.3) is 0 Å². The summed E-state index contributed by atoms with van der Waals surface area (Å²) in [6.07, 6.45) is -5.15. The molecule has 1 aromatic heterocycles. The Kier molecular flexibility index (Phi) is 5.63. The molecule has 2 atom stereocenters. The van der Waals surface area contributed by atoms with Gasteiger partial charge in [0.2, 0.25) is 11.8 Å². The van der Waals surface area contributed by atoms with Gasteiger partial charge in [0.05, 0.1) is 0 Å². The standard InChI is InChI=1S/C18H25F4N5O2/c1-11-12(25-5-7-26(8-6-25)16(28)29-17(2,3)4)10-27(11)14-9-13(19)23-15(24-14)18(20,21)22/h9,11-12H,5-8,10H2,1-4H3/t11-,12-/m1/s1. The summed E-state index contributed by atoms with van der Waals surface area (Å²) in [6.45, 7) is 10.0. The second-order valence-electron chi connectivity index (χ2n) is 8.33. The number of carbonyl (C=O) groups is 1. The molecule has 11 heteroatoms. The molecule has 0 aromatic carbocycles. The number of amides is 1. The van der Waals surface area contributed by atoms with Gasteiger partial charge < -0.3 is 14.5 Å². The first-order valence-corrected chi connectivity index (χ1v) is 9.45. The van der Waals surface area contributed by atoms with Gasteiger partial charge in [-0.1, -0.05) is 0 Å². The van der Waals surface area contributed by atoms with Gasteiger partial charge in [0.15, 0.2) is 0 Å². The minimum atomic E-state index is -4.80. The van der Waals surface area contributed by atoms with E-state index in [0.29, 0.717) is 32.7 Å². The quantitative estimate of drug-likeness (QED) is 0.543. The SMILES string of the molecule is C[C@@H]1[C@H](N2CCN(C(=O)OC(C)(C)C)CC2)CN1c1cc(F)nc(C(F)(F)F)n1. The molecule has 1 amide bonds. The van der Waals surface area contributed by atoms with Crippen LogP contribution in [0.25, 0.3) is 0 Å². The molecule has 0 bridgehead atoms. The molecule has 0 radical (unpaired) electrons. The Labute approximate surface area is 166 Å². The predicted molar refractivity (Wildman–Crippen MR) is 97.0 cm³/mol. The van der Waals surface area contributed by atoms with Crippen LogP contribution in [0.5, 0.6) is 0 Å². The van der Waals surface area contributed by atoms with E-state index in [2.05, 4.69) is 14.9 Å². The number of piperazine rings is 1. The molecule has 2 fully saturated rings. The molecule has 1 aromatic rings. The zero-order chi connectivity index (χ0) is 21.6. The van der Waals surface area contributed by atoms with Crippen molar-refractivity contribution in [3.05, 3.63) is 17.8 Å². The van der Waals surface area contributed by atoms with Crippen LogP contribution in [-0.4, -0.2) is 76.3 Å². The highest BCUT2D eigenvalue weighted by atomic mass is 19.4. The number of hydrogen-bond donors (Lipinski definition) is 0. The van der Waals surface area contributed by atoms with Crippen molar-refractivity contribution in [3.8, 4) is 0 Å². The highest BCUT2D eigenvalue weighted by Crippen LogP contribution is 2.32. The summed E-state index contributed by atoms with van der Waals surface area (Å²) in [5, 5.41) is 0. The average molecular weight is 419 g/mol. The lowest BCUT2D eigenvalue weighted by Gasteiger charge is -2.53. The van der Waals surface area contributed by atoms with E-state index in [-0.39, 0.29) is 24.0 Å². The van der Waals surface area contributed by atoms with Gasteiger partial charge in [-0.3, -0.25) is 4.90 Å². The van der Waals surface area contributed by atoms with Crippen molar-refractivity contribution in [2.24, 2.45) is 0 Å². The third-order valence-corrected chi connectivity index (χ3v) is 5.10. The minimum Gasteiger partial charge on any atom is -0.444 e. The maximum absolute atomic E-state index is 13.6. The highest BCUT2D eigenvalue weighted by molar-refractivity contribution is 5.68. The Morgan fingerprint density at radius 1 is 1.14 bits per heavy atom. The number of alkyl halides is 3. The zero-order valence-electron chi connectivity index (χ0n) is 16.8. The van der Waals surface area contributed by atoms with Crippen LogP contribution in [0.15, 0.2) is 6.07 Å². The van der Waals surface area contributed by atoms with Gasteiger partial charge in [-0.05, 0) is 27.7 Å². The first kappa shape index (κ1) is 21.5. The van der Waals surface area contributed by atoms with Gasteiger partial charge in [-0.2, -0.15) is 22.5 Å². The van der Waals surface area contributed by atoms with Gasteiger partial charge in [-0.25, -0.2) is 9.78 Å². The number of nitrogens with zero attached hydrogens (tertiary/aromatic N) is 5. The first-order valence-electron chi connectivity index (χ1n) is 9.45. The number of halogens is 4. The van der Waals surface area contributed by atoms with Crippen molar-refractivity contribution < 1.29 is 27.1 Å². The Balaban J connectivity index is 1.58. The van der Waals surface area contributed by atoms with Crippen molar-refractivity contribution >= 4 is 11.9 Å². The molecule has 3 rings (SSSR count). The number of aromatic nitrogens is 2. The molecule has 2 aliphatic heterocycles. The number of carbonyl (C=O) groups excluding carboxylic acids is 1. The van der Waals surface area contributed by atoms with Crippen LogP contribution in [0.4, 0.5) is 28.2 Å². The van der Waals surface area contributed by atoms with E-state index in [9.17, 15) is 22.4 Å². The van der Waals surface area contributed by atoms with Crippen molar-refractivity contribution in [2.75, 3.05) is 37.6 Å². The van der Waals surface area contributed by atoms with Crippen LogP contribution in [0.1, 0.15) is 33.5 Å². The summed E-state index contributed by atoms with van der Waals surface area (Å²) < 4.78 is 57.5. The highest BCUT2D eigenvalue weighted by Gasteiger charge is 2.43. The molecular weight excluding hydrogens is 394 g/mol. The normalized spacial score (nSPS) is 23.7. The minimum absolute atomic E-state index is 0.0686. The third-order valence-electron chi connectivity index (χ3n) is 5.10. The van der Waals surface area contributed by atoms with Crippen LogP contribution in [0, 0.1) is 5.95 Å². The van der Waals surface area contributed by atoms with Crippen LogP contribution in [-0.2, 0) is 10.9 Å². The molecule has 162 valence electrons. The maximum atomic E-state index is 13.6. The van der Waals surface area contributed by atoms with E-state index < -0.39 is 23.5 Å². The van der Waals surface area contributed by atoms with E-state index in [0.717, 1.165) is 6.07 Å². The zero-order valence-corrected chi connectivity index (χ0v) is 16.8. The summed E-state index contributed by atoms with van der Waals surface area (Å²) in [5.41, 5.74) is -0.556. The molecule has 2 saturated heterocycles. The van der Waals surface area contributed by atoms with Crippen LogP contribution in [0.3, 0.4) is 0 Å². The summed E-state index contributed by atoms with van der Waals surface area (Å²) in [4.78, 5) is 23.9. The molecule has 0 spiro atoms. The van der Waals surface area contributed by atoms with Crippen molar-refractivity contribution in [2.45, 2.75) is 51.6 Å². The van der Waals surface area contributed by atoms with Crippen LogP contribution >= 0.6 is 0 Å². The molecule has 0 saturated carbocycles. The van der Waals surface area contributed by atoms with Crippen molar-refractivity contribution in [1.82, 2.24) is 19.8 Å². The molecular formula is C18H25F4N5O2. The average Bonchev–Trinajstić information content (AvgIpc) is 2.58. The fraction of sp³-hybridized carbons (Fsp3) is 0.722. The van der Waals surface area contributed by atoms with Crippen molar-refractivity contribution in [3.63, 3.8) is 0 Å². The van der Waals surface area contributed by atoms with E-state index in [1.54, 1.807) is 9.80 Å². The summed E-state index contributed by atoms with van der Waals surface area (Å²) in [5.74, 6) is -2.75. The number of ether oxygens (including phenoxy) is 1. The third kappa shape index (κ3) is 4.88. The molecule has 0 aliphatic carbocycles. The van der Waals surface area contributed by atoms with Crippen molar-refractivity contribution in [1.29, 1.82) is 0 Å².